The van der Waals surface area contributed by atoms with Crippen molar-refractivity contribution in [2.24, 2.45) is 0 Å². The van der Waals surface area contributed by atoms with Gasteiger partial charge in [-0.05, 0) is 19.8 Å². The summed E-state index contributed by atoms with van der Waals surface area (Å²) in [6, 6.07) is 0. The molecular weight excluding hydrogens is 144 g/mol. The van der Waals surface area contributed by atoms with E-state index in [0.717, 1.165) is 11.5 Å². The van der Waals surface area contributed by atoms with Gasteiger partial charge in [-0.1, -0.05) is 18.3 Å². The Balaban J connectivity index is 2.33. The lowest BCUT2D eigenvalue weighted by Gasteiger charge is -2.23. The number of allylic oxidation sites excluding steroid dienone is 1. The van der Waals surface area contributed by atoms with Crippen LogP contribution in [0.3, 0.4) is 0 Å². The average molecular weight is 156 g/mol. The molecule has 0 atom stereocenters. The number of nitrogens with zero attached hydrogens (tertiary/aromatic N) is 1. The summed E-state index contributed by atoms with van der Waals surface area (Å²) < 4.78 is 0. The van der Waals surface area contributed by atoms with Crippen LogP contribution in [-0.2, 0) is 0 Å². The third-order valence-electron chi connectivity index (χ3n) is 1.36. The molecule has 0 radical (unpaired) electrons. The zero-order chi connectivity index (χ0) is 7.40. The molecule has 56 valence electrons. The average Bonchev–Trinajstić information content (AvgIpc) is 1.88. The molecule has 0 saturated carbocycles. The zero-order valence-corrected chi connectivity index (χ0v) is 6.95. The highest BCUT2D eigenvalue weighted by Gasteiger charge is 2.01. The van der Waals surface area contributed by atoms with Crippen LogP contribution in [0.1, 0.15) is 19.8 Å². The van der Waals surface area contributed by atoms with Crippen molar-refractivity contribution in [3.63, 3.8) is 0 Å². The maximum absolute atomic E-state index is 4.89. The topological polar surface area (TPSA) is 15.3 Å². The first-order chi connectivity index (χ1) is 4.79. The van der Waals surface area contributed by atoms with Crippen LogP contribution in [0.25, 0.3) is 0 Å². The van der Waals surface area contributed by atoms with Crippen LogP contribution in [0.5, 0.6) is 0 Å². The van der Waals surface area contributed by atoms with Crippen molar-refractivity contribution in [3.8, 4) is 0 Å². The highest BCUT2D eigenvalue weighted by atomic mass is 32.1. The Morgan fingerprint density at radius 3 is 3.00 bits per heavy atom. The fraction of sp³-hybridized carbons (Fsp3) is 0.571. The highest BCUT2D eigenvalue weighted by molar-refractivity contribution is 7.80. The molecule has 0 amide bonds. The van der Waals surface area contributed by atoms with Gasteiger partial charge in [0.2, 0.25) is 0 Å². The quantitative estimate of drug-likeness (QED) is 0.578. The SMILES string of the molecule is CC(=S)NN1C=CCCC1. The molecule has 0 spiro atoms. The predicted molar refractivity (Wildman–Crippen MR) is 46.5 cm³/mol. The van der Waals surface area contributed by atoms with Crippen molar-refractivity contribution >= 4 is 17.2 Å². The normalized spacial score (nSPS) is 17.1. The third kappa shape index (κ3) is 2.35. The molecule has 1 aliphatic heterocycles. The van der Waals surface area contributed by atoms with E-state index < -0.39 is 0 Å². The monoisotopic (exact) mass is 156 g/mol. The molecule has 2 nitrogen and oxygen atoms in total. The molecule has 0 aromatic heterocycles. The number of nitrogens with one attached hydrogen (secondary N) is 1. The van der Waals surface area contributed by atoms with Crippen LogP contribution < -0.4 is 5.43 Å². The molecule has 1 N–H and O–H groups in total. The second-order valence-corrected chi connectivity index (χ2v) is 3.00. The largest absolute Gasteiger partial charge is 0.295 e. The first-order valence-electron chi connectivity index (χ1n) is 3.49. The molecule has 3 heteroatoms. The second kappa shape index (κ2) is 3.56. The fourth-order valence-electron chi connectivity index (χ4n) is 0.951. The van der Waals surface area contributed by atoms with Gasteiger partial charge in [0, 0.05) is 12.7 Å². The van der Waals surface area contributed by atoms with E-state index in [4.69, 9.17) is 12.2 Å². The number of hydrazine groups is 1. The van der Waals surface area contributed by atoms with Crippen LogP contribution in [0, 0.1) is 0 Å². The molecule has 0 saturated heterocycles. The summed E-state index contributed by atoms with van der Waals surface area (Å²) in [6.07, 6.45) is 6.59. The fourth-order valence-corrected chi connectivity index (χ4v) is 1.07. The lowest BCUT2D eigenvalue weighted by Crippen LogP contribution is -2.37. The van der Waals surface area contributed by atoms with Gasteiger partial charge in [-0.3, -0.25) is 10.4 Å². The summed E-state index contributed by atoms with van der Waals surface area (Å²) >= 11 is 4.89. The number of hydrogen-bond acceptors (Lipinski definition) is 2. The third-order valence-corrected chi connectivity index (χ3v) is 1.45. The van der Waals surface area contributed by atoms with Crippen molar-refractivity contribution in [1.82, 2.24) is 10.4 Å². The zero-order valence-electron chi connectivity index (χ0n) is 6.13. The maximum atomic E-state index is 4.89. The van der Waals surface area contributed by atoms with E-state index in [-0.39, 0.29) is 0 Å². The van der Waals surface area contributed by atoms with Gasteiger partial charge < -0.3 is 0 Å². The molecule has 0 aliphatic carbocycles. The van der Waals surface area contributed by atoms with Crippen molar-refractivity contribution in [3.05, 3.63) is 12.3 Å². The van der Waals surface area contributed by atoms with Crippen LogP contribution >= 0.6 is 12.2 Å². The maximum Gasteiger partial charge on any atom is 0.0910 e. The number of thiocarbonyl (C=S) groups is 1. The lowest BCUT2D eigenvalue weighted by atomic mass is 10.2. The standard InChI is InChI=1S/C7H12N2S/c1-7(10)8-9-5-3-2-4-6-9/h3,5H,2,4,6H2,1H3,(H,8,10). The summed E-state index contributed by atoms with van der Waals surface area (Å²) in [5.41, 5.74) is 3.06. The molecule has 0 unspecified atom stereocenters. The first kappa shape index (κ1) is 7.54. The Bertz CT molecular complexity index is 154. The molecule has 1 aliphatic rings. The van der Waals surface area contributed by atoms with E-state index in [9.17, 15) is 0 Å². The minimum absolute atomic E-state index is 0.826. The van der Waals surface area contributed by atoms with E-state index in [0.29, 0.717) is 0 Å². The lowest BCUT2D eigenvalue weighted by molar-refractivity contribution is 0.317. The summed E-state index contributed by atoms with van der Waals surface area (Å²) in [6.45, 7) is 2.95. The van der Waals surface area contributed by atoms with Gasteiger partial charge in [-0.15, -0.1) is 0 Å². The van der Waals surface area contributed by atoms with Crippen LogP contribution in [0.15, 0.2) is 12.3 Å². The minimum atomic E-state index is 0.826. The summed E-state index contributed by atoms with van der Waals surface area (Å²) in [5, 5.41) is 2.02. The Morgan fingerprint density at radius 1 is 1.70 bits per heavy atom. The number of rotatable bonds is 1. The predicted octanol–water partition coefficient (Wildman–Crippen LogP) is 1.45. The van der Waals surface area contributed by atoms with Crippen molar-refractivity contribution in [2.45, 2.75) is 19.8 Å². The summed E-state index contributed by atoms with van der Waals surface area (Å²) in [7, 11) is 0. The van der Waals surface area contributed by atoms with Crippen LogP contribution in [0.4, 0.5) is 0 Å². The van der Waals surface area contributed by atoms with Gasteiger partial charge in [0.05, 0.1) is 4.99 Å². The Morgan fingerprint density at radius 2 is 2.50 bits per heavy atom. The van der Waals surface area contributed by atoms with Crippen molar-refractivity contribution in [1.29, 1.82) is 0 Å². The van der Waals surface area contributed by atoms with E-state index in [1.807, 2.05) is 18.1 Å². The van der Waals surface area contributed by atoms with Gasteiger partial charge in [0.25, 0.3) is 0 Å². The molecule has 0 fully saturated rings. The molecule has 10 heavy (non-hydrogen) atoms. The molecule has 0 bridgehead atoms. The Labute approximate surface area is 66.9 Å². The molecule has 1 heterocycles. The number of hydrogen-bond donors (Lipinski definition) is 1. The second-order valence-electron chi connectivity index (χ2n) is 2.39. The molecule has 0 aromatic rings. The van der Waals surface area contributed by atoms with Gasteiger partial charge >= 0.3 is 0 Å². The van der Waals surface area contributed by atoms with Gasteiger partial charge in [0.15, 0.2) is 0 Å². The van der Waals surface area contributed by atoms with Gasteiger partial charge in [0.1, 0.15) is 0 Å². The van der Waals surface area contributed by atoms with E-state index in [1.165, 1.54) is 12.8 Å². The van der Waals surface area contributed by atoms with Gasteiger partial charge in [-0.2, -0.15) is 0 Å². The molecule has 1 rings (SSSR count). The van der Waals surface area contributed by atoms with E-state index in [1.54, 1.807) is 0 Å². The van der Waals surface area contributed by atoms with Crippen LogP contribution in [0.2, 0.25) is 0 Å². The van der Waals surface area contributed by atoms with Crippen molar-refractivity contribution in [2.75, 3.05) is 6.54 Å². The summed E-state index contributed by atoms with van der Waals surface area (Å²) in [4.78, 5) is 0.826. The Hall–Kier alpha value is -0.570. The summed E-state index contributed by atoms with van der Waals surface area (Å²) in [5.74, 6) is 0. The van der Waals surface area contributed by atoms with Crippen molar-refractivity contribution < 1.29 is 0 Å². The Kier molecular flexibility index (Phi) is 2.68. The minimum Gasteiger partial charge on any atom is -0.295 e. The van der Waals surface area contributed by atoms with Gasteiger partial charge in [-0.25, -0.2) is 0 Å². The van der Waals surface area contributed by atoms with Crippen LogP contribution in [-0.4, -0.2) is 16.5 Å². The van der Waals surface area contributed by atoms with E-state index in [2.05, 4.69) is 11.5 Å². The molecule has 0 aromatic carbocycles. The first-order valence-corrected chi connectivity index (χ1v) is 3.90. The van der Waals surface area contributed by atoms with E-state index >= 15 is 0 Å². The molecular formula is C7H12N2S. The highest BCUT2D eigenvalue weighted by Crippen LogP contribution is 2.01. The smallest absolute Gasteiger partial charge is 0.0910 e.